The molecule has 1 aliphatic rings. The number of aromatic nitrogens is 1. The second kappa shape index (κ2) is 6.35. The van der Waals surface area contributed by atoms with Gasteiger partial charge in [0.05, 0.1) is 12.2 Å². The van der Waals surface area contributed by atoms with Crippen LogP contribution in [0.25, 0.3) is 0 Å². The summed E-state index contributed by atoms with van der Waals surface area (Å²) in [5.74, 6) is -0.244. The van der Waals surface area contributed by atoms with Gasteiger partial charge in [0.15, 0.2) is 0 Å². The fraction of sp³-hybridized carbons (Fsp3) is 0.389. The number of nitrogens with zero attached hydrogens (tertiary/aromatic N) is 1. The van der Waals surface area contributed by atoms with Crippen LogP contribution in [0.1, 0.15) is 48.1 Å². The maximum atomic E-state index is 14.1. The molecule has 1 atom stereocenters. The summed E-state index contributed by atoms with van der Waals surface area (Å²) in [6.45, 7) is 2.99. The first-order chi connectivity index (χ1) is 10.3. The summed E-state index contributed by atoms with van der Waals surface area (Å²) in [6.07, 6.45) is 7.52. The van der Waals surface area contributed by atoms with Crippen molar-refractivity contribution in [3.05, 3.63) is 64.7 Å². The third-order valence-corrected chi connectivity index (χ3v) is 4.17. The van der Waals surface area contributed by atoms with Gasteiger partial charge in [-0.2, -0.15) is 0 Å². The number of fused-ring (bicyclic) bond motifs is 1. The lowest BCUT2D eigenvalue weighted by Gasteiger charge is -2.21. The highest BCUT2D eigenvalue weighted by Crippen LogP contribution is 2.29. The van der Waals surface area contributed by atoms with Crippen LogP contribution in [0.5, 0.6) is 0 Å². The number of halogens is 1. The number of aryl methyl sites for hydroxylation is 2. The van der Waals surface area contributed by atoms with Gasteiger partial charge in [-0.1, -0.05) is 25.1 Å². The predicted octanol–water partition coefficient (Wildman–Crippen LogP) is 3.80. The van der Waals surface area contributed by atoms with Gasteiger partial charge in [-0.25, -0.2) is 4.39 Å². The summed E-state index contributed by atoms with van der Waals surface area (Å²) in [4.78, 5) is 3.86. The molecule has 0 spiro atoms. The topological polar surface area (TPSA) is 24.9 Å². The van der Waals surface area contributed by atoms with Crippen molar-refractivity contribution in [3.8, 4) is 0 Å². The lowest BCUT2D eigenvalue weighted by molar-refractivity contribution is 0.543. The number of hydrogen-bond donors (Lipinski definition) is 1. The van der Waals surface area contributed by atoms with E-state index in [0.717, 1.165) is 24.9 Å². The molecule has 0 amide bonds. The van der Waals surface area contributed by atoms with Crippen LogP contribution in [-0.2, 0) is 12.8 Å². The normalized spacial score (nSPS) is 15.0. The number of pyridine rings is 1. The Hall–Kier alpha value is -1.74. The molecule has 1 heterocycles. The lowest BCUT2D eigenvalue weighted by Crippen LogP contribution is -2.24. The first-order valence-electron chi connectivity index (χ1n) is 7.74. The Labute approximate surface area is 125 Å². The minimum atomic E-state index is -0.244. The Morgan fingerprint density at radius 1 is 1.24 bits per heavy atom. The maximum absolute atomic E-state index is 14.1. The van der Waals surface area contributed by atoms with Gasteiger partial charge in [0.2, 0.25) is 0 Å². The predicted molar refractivity (Wildman–Crippen MR) is 82.8 cm³/mol. The Balaban J connectivity index is 1.97. The van der Waals surface area contributed by atoms with E-state index in [2.05, 4.69) is 35.4 Å². The van der Waals surface area contributed by atoms with Gasteiger partial charge in [-0.05, 0) is 55.0 Å². The monoisotopic (exact) mass is 284 g/mol. The molecule has 3 heteroatoms. The van der Waals surface area contributed by atoms with Crippen LogP contribution < -0.4 is 5.32 Å². The summed E-state index contributed by atoms with van der Waals surface area (Å²) < 4.78 is 14.1. The van der Waals surface area contributed by atoms with Gasteiger partial charge in [0.1, 0.15) is 5.82 Å². The fourth-order valence-electron chi connectivity index (χ4n) is 3.09. The van der Waals surface area contributed by atoms with E-state index >= 15 is 0 Å². The molecule has 1 unspecified atom stereocenters. The molecule has 3 rings (SSSR count). The number of rotatable bonds is 5. The molecule has 0 saturated carbocycles. The second-order valence-electron chi connectivity index (χ2n) is 5.67. The van der Waals surface area contributed by atoms with Crippen molar-refractivity contribution in [2.24, 2.45) is 0 Å². The van der Waals surface area contributed by atoms with Gasteiger partial charge in [-0.15, -0.1) is 0 Å². The molecule has 2 aromatic rings. The summed E-state index contributed by atoms with van der Waals surface area (Å²) in [6, 6.07) is 8.26. The highest BCUT2D eigenvalue weighted by atomic mass is 19.1. The van der Waals surface area contributed by atoms with Crippen molar-refractivity contribution in [2.45, 2.75) is 38.6 Å². The minimum absolute atomic E-state index is 0.0983. The highest BCUT2D eigenvalue weighted by Gasteiger charge is 2.19. The van der Waals surface area contributed by atoms with E-state index in [4.69, 9.17) is 0 Å². The van der Waals surface area contributed by atoms with Crippen LogP contribution in [0.15, 0.2) is 36.7 Å². The Morgan fingerprint density at radius 3 is 2.90 bits per heavy atom. The molecular weight excluding hydrogens is 263 g/mol. The first kappa shape index (κ1) is 14.2. The third-order valence-electron chi connectivity index (χ3n) is 4.17. The smallest absolute Gasteiger partial charge is 0.146 e. The average molecular weight is 284 g/mol. The maximum Gasteiger partial charge on any atom is 0.146 e. The van der Waals surface area contributed by atoms with Crippen LogP contribution >= 0.6 is 0 Å². The summed E-state index contributed by atoms with van der Waals surface area (Å²) in [5.41, 5.74) is 4.69. The molecule has 1 aliphatic carbocycles. The largest absolute Gasteiger partial charge is 0.306 e. The van der Waals surface area contributed by atoms with Crippen LogP contribution in [-0.4, -0.2) is 11.5 Å². The minimum Gasteiger partial charge on any atom is -0.306 e. The van der Waals surface area contributed by atoms with Crippen LogP contribution in [0.2, 0.25) is 0 Å². The molecule has 2 nitrogen and oxygen atoms in total. The van der Waals surface area contributed by atoms with Crippen molar-refractivity contribution in [1.82, 2.24) is 10.3 Å². The van der Waals surface area contributed by atoms with E-state index in [0.29, 0.717) is 5.56 Å². The molecule has 0 radical (unpaired) electrons. The van der Waals surface area contributed by atoms with Crippen LogP contribution in [0.4, 0.5) is 4.39 Å². The molecule has 1 N–H and O–H groups in total. The van der Waals surface area contributed by atoms with Gasteiger partial charge in [-0.3, -0.25) is 4.98 Å². The van der Waals surface area contributed by atoms with Gasteiger partial charge in [0, 0.05) is 11.8 Å². The fourth-order valence-corrected chi connectivity index (χ4v) is 3.09. The van der Waals surface area contributed by atoms with Crippen molar-refractivity contribution >= 4 is 0 Å². The molecule has 110 valence electrons. The quantitative estimate of drug-likeness (QED) is 0.903. The Kier molecular flexibility index (Phi) is 4.30. The molecule has 0 bridgehead atoms. The van der Waals surface area contributed by atoms with E-state index in [1.807, 2.05) is 0 Å². The number of hydrogen-bond acceptors (Lipinski definition) is 2. The highest BCUT2D eigenvalue weighted by molar-refractivity contribution is 5.40. The van der Waals surface area contributed by atoms with Crippen molar-refractivity contribution in [2.75, 3.05) is 6.54 Å². The molecule has 1 aromatic heterocycles. The number of nitrogens with one attached hydrogen (secondary N) is 1. The van der Waals surface area contributed by atoms with Crippen LogP contribution in [0.3, 0.4) is 0 Å². The summed E-state index contributed by atoms with van der Waals surface area (Å²) in [7, 11) is 0. The second-order valence-corrected chi connectivity index (χ2v) is 5.67. The van der Waals surface area contributed by atoms with Crippen molar-refractivity contribution < 1.29 is 4.39 Å². The van der Waals surface area contributed by atoms with Gasteiger partial charge < -0.3 is 5.32 Å². The molecule has 21 heavy (non-hydrogen) atoms. The Morgan fingerprint density at radius 2 is 2.10 bits per heavy atom. The average Bonchev–Trinajstić information content (AvgIpc) is 2.97. The standard InChI is InChI=1S/C18H21FN2/c1-2-9-21-18(16-8-10-20-12-17(16)19)15-7-6-13-4-3-5-14(13)11-15/h6-8,10-12,18,21H,2-5,9H2,1H3. The van der Waals surface area contributed by atoms with E-state index in [1.165, 1.54) is 30.2 Å². The zero-order valence-corrected chi connectivity index (χ0v) is 12.4. The van der Waals surface area contributed by atoms with E-state index in [9.17, 15) is 4.39 Å². The first-order valence-corrected chi connectivity index (χ1v) is 7.74. The van der Waals surface area contributed by atoms with Crippen molar-refractivity contribution in [1.29, 1.82) is 0 Å². The third kappa shape index (κ3) is 2.98. The number of benzene rings is 1. The summed E-state index contributed by atoms with van der Waals surface area (Å²) in [5, 5.41) is 3.47. The van der Waals surface area contributed by atoms with Crippen molar-refractivity contribution in [3.63, 3.8) is 0 Å². The van der Waals surface area contributed by atoms with Gasteiger partial charge >= 0.3 is 0 Å². The molecular formula is C18H21FN2. The molecule has 0 saturated heterocycles. The molecule has 1 aromatic carbocycles. The molecule has 0 aliphatic heterocycles. The van der Waals surface area contributed by atoms with E-state index in [1.54, 1.807) is 12.3 Å². The zero-order chi connectivity index (χ0) is 14.7. The summed E-state index contributed by atoms with van der Waals surface area (Å²) >= 11 is 0. The lowest BCUT2D eigenvalue weighted by atomic mass is 9.96. The Bertz CT molecular complexity index is 624. The van der Waals surface area contributed by atoms with Crippen LogP contribution in [0, 0.1) is 5.82 Å². The molecule has 0 fully saturated rings. The zero-order valence-electron chi connectivity index (χ0n) is 12.4. The SMILES string of the molecule is CCCNC(c1ccc2c(c1)CCC2)c1ccncc1F. The van der Waals surface area contributed by atoms with E-state index in [-0.39, 0.29) is 11.9 Å². The van der Waals surface area contributed by atoms with E-state index < -0.39 is 0 Å². The van der Waals surface area contributed by atoms with Gasteiger partial charge in [0.25, 0.3) is 0 Å².